The molecule has 1 unspecified atom stereocenters. The van der Waals surface area contributed by atoms with Crippen molar-refractivity contribution < 1.29 is 0 Å². The van der Waals surface area contributed by atoms with Crippen molar-refractivity contribution in [2.75, 3.05) is 0 Å². The van der Waals surface area contributed by atoms with E-state index in [-0.39, 0.29) is 6.04 Å². The van der Waals surface area contributed by atoms with Crippen LogP contribution in [-0.4, -0.2) is 26.0 Å². The van der Waals surface area contributed by atoms with E-state index < -0.39 is 0 Å². The van der Waals surface area contributed by atoms with Crippen molar-refractivity contribution >= 4 is 23.1 Å². The molecule has 0 aliphatic heterocycles. The van der Waals surface area contributed by atoms with E-state index >= 15 is 0 Å². The first kappa shape index (κ1) is 13.5. The SMILES string of the molecule is CCC(N)Cc1c(C)nn(C)c1Sc1nncs1. The highest BCUT2D eigenvalue weighted by atomic mass is 32.2. The number of nitrogens with zero attached hydrogens (tertiary/aromatic N) is 4. The number of aromatic nitrogens is 4. The van der Waals surface area contributed by atoms with Crippen LogP contribution < -0.4 is 5.73 Å². The lowest BCUT2D eigenvalue weighted by Gasteiger charge is -2.09. The van der Waals surface area contributed by atoms with Crippen molar-refractivity contribution in [2.24, 2.45) is 12.8 Å². The van der Waals surface area contributed by atoms with Crippen LogP contribution >= 0.6 is 23.1 Å². The monoisotopic (exact) mass is 283 g/mol. The molecular weight excluding hydrogens is 266 g/mol. The first-order valence-electron chi connectivity index (χ1n) is 5.83. The summed E-state index contributed by atoms with van der Waals surface area (Å²) in [4.78, 5) is 0. The highest BCUT2D eigenvalue weighted by molar-refractivity contribution is 8.01. The van der Waals surface area contributed by atoms with Crippen LogP contribution in [0.15, 0.2) is 14.9 Å². The predicted molar refractivity (Wildman–Crippen MR) is 73.9 cm³/mol. The van der Waals surface area contributed by atoms with Crippen LogP contribution in [0.2, 0.25) is 0 Å². The van der Waals surface area contributed by atoms with E-state index in [1.54, 1.807) is 17.3 Å². The third kappa shape index (κ3) is 2.90. The molecule has 18 heavy (non-hydrogen) atoms. The number of nitrogens with two attached hydrogens (primary N) is 1. The van der Waals surface area contributed by atoms with Gasteiger partial charge in [0.2, 0.25) is 0 Å². The van der Waals surface area contributed by atoms with Crippen LogP contribution in [0.4, 0.5) is 0 Å². The molecule has 0 spiro atoms. The van der Waals surface area contributed by atoms with E-state index in [0.29, 0.717) is 0 Å². The molecule has 5 nitrogen and oxygen atoms in total. The molecule has 2 rings (SSSR count). The molecule has 2 aromatic rings. The third-order valence-corrected chi connectivity index (χ3v) is 4.79. The fraction of sp³-hybridized carbons (Fsp3) is 0.545. The second kappa shape index (κ2) is 5.81. The Morgan fingerprint density at radius 1 is 1.56 bits per heavy atom. The molecule has 0 aliphatic rings. The summed E-state index contributed by atoms with van der Waals surface area (Å²) in [6, 6.07) is 0.182. The standard InChI is InChI=1S/C11H17N5S2/c1-4-8(12)5-9-7(2)15-16(3)10(9)18-11-14-13-6-17-11/h6,8H,4-5,12H2,1-3H3. The number of hydrogen-bond acceptors (Lipinski definition) is 6. The van der Waals surface area contributed by atoms with E-state index in [9.17, 15) is 0 Å². The summed E-state index contributed by atoms with van der Waals surface area (Å²) in [5.74, 6) is 0. The molecule has 0 aliphatic carbocycles. The lowest BCUT2D eigenvalue weighted by atomic mass is 10.1. The Kier molecular flexibility index (Phi) is 4.36. The maximum atomic E-state index is 6.05. The number of aryl methyl sites for hydroxylation is 2. The molecule has 2 heterocycles. The molecule has 0 saturated carbocycles. The van der Waals surface area contributed by atoms with Crippen LogP contribution in [-0.2, 0) is 13.5 Å². The van der Waals surface area contributed by atoms with Gasteiger partial charge in [0.05, 0.1) is 5.69 Å². The van der Waals surface area contributed by atoms with E-state index in [1.807, 2.05) is 18.7 Å². The average molecular weight is 283 g/mol. The van der Waals surface area contributed by atoms with Gasteiger partial charge in [-0.15, -0.1) is 10.2 Å². The lowest BCUT2D eigenvalue weighted by Crippen LogP contribution is -2.21. The second-order valence-electron chi connectivity index (χ2n) is 4.17. The Balaban J connectivity index is 2.27. The minimum Gasteiger partial charge on any atom is -0.327 e. The summed E-state index contributed by atoms with van der Waals surface area (Å²) in [5.41, 5.74) is 10.1. The van der Waals surface area contributed by atoms with Gasteiger partial charge < -0.3 is 5.73 Å². The smallest absolute Gasteiger partial charge is 0.180 e. The largest absolute Gasteiger partial charge is 0.327 e. The van der Waals surface area contributed by atoms with Gasteiger partial charge >= 0.3 is 0 Å². The summed E-state index contributed by atoms with van der Waals surface area (Å²) >= 11 is 3.15. The molecule has 0 radical (unpaired) electrons. The van der Waals surface area contributed by atoms with Gasteiger partial charge in [0, 0.05) is 18.7 Å². The van der Waals surface area contributed by atoms with Gasteiger partial charge in [0.15, 0.2) is 4.34 Å². The van der Waals surface area contributed by atoms with Crippen LogP contribution in [0.5, 0.6) is 0 Å². The van der Waals surface area contributed by atoms with E-state index in [1.165, 1.54) is 16.9 Å². The highest BCUT2D eigenvalue weighted by Crippen LogP contribution is 2.32. The molecule has 2 aromatic heterocycles. The van der Waals surface area contributed by atoms with Crippen molar-refractivity contribution in [1.82, 2.24) is 20.0 Å². The van der Waals surface area contributed by atoms with Gasteiger partial charge in [0.25, 0.3) is 0 Å². The fourth-order valence-electron chi connectivity index (χ4n) is 1.74. The van der Waals surface area contributed by atoms with Gasteiger partial charge in [0.1, 0.15) is 10.5 Å². The van der Waals surface area contributed by atoms with E-state index in [0.717, 1.165) is 27.9 Å². The fourth-order valence-corrected chi connectivity index (χ4v) is 3.36. The molecular formula is C11H17N5S2. The van der Waals surface area contributed by atoms with E-state index in [2.05, 4.69) is 22.2 Å². The zero-order valence-corrected chi connectivity index (χ0v) is 12.4. The minimum absolute atomic E-state index is 0.182. The molecule has 1 atom stereocenters. The van der Waals surface area contributed by atoms with Gasteiger partial charge in [-0.1, -0.05) is 18.3 Å². The molecule has 98 valence electrons. The Bertz CT molecular complexity index is 506. The molecule has 0 aromatic carbocycles. The van der Waals surface area contributed by atoms with Crippen molar-refractivity contribution in [1.29, 1.82) is 0 Å². The summed E-state index contributed by atoms with van der Waals surface area (Å²) in [5, 5.41) is 13.5. The van der Waals surface area contributed by atoms with Crippen molar-refractivity contribution in [2.45, 2.75) is 42.1 Å². The third-order valence-electron chi connectivity index (χ3n) is 2.80. The van der Waals surface area contributed by atoms with Crippen LogP contribution in [0.1, 0.15) is 24.6 Å². The summed E-state index contributed by atoms with van der Waals surface area (Å²) < 4.78 is 2.84. The maximum absolute atomic E-state index is 6.05. The Morgan fingerprint density at radius 3 is 2.94 bits per heavy atom. The normalized spacial score (nSPS) is 12.9. The minimum atomic E-state index is 0.182. The Hall–Kier alpha value is -0.920. The van der Waals surface area contributed by atoms with Crippen molar-refractivity contribution in [3.05, 3.63) is 16.8 Å². The Labute approximate surface area is 115 Å². The predicted octanol–water partition coefficient (Wildman–Crippen LogP) is 2.01. The highest BCUT2D eigenvalue weighted by Gasteiger charge is 2.17. The van der Waals surface area contributed by atoms with Crippen LogP contribution in [0, 0.1) is 6.92 Å². The van der Waals surface area contributed by atoms with Crippen LogP contribution in [0.3, 0.4) is 0 Å². The number of hydrogen-bond donors (Lipinski definition) is 1. The molecule has 0 bridgehead atoms. The molecule has 2 N–H and O–H groups in total. The summed E-state index contributed by atoms with van der Waals surface area (Å²) in [6.07, 6.45) is 1.83. The zero-order valence-electron chi connectivity index (χ0n) is 10.8. The quantitative estimate of drug-likeness (QED) is 0.909. The number of rotatable bonds is 5. The lowest BCUT2D eigenvalue weighted by molar-refractivity contribution is 0.631. The molecule has 0 saturated heterocycles. The van der Waals surface area contributed by atoms with Gasteiger partial charge in [-0.05, 0) is 31.5 Å². The van der Waals surface area contributed by atoms with Crippen LogP contribution in [0.25, 0.3) is 0 Å². The van der Waals surface area contributed by atoms with Crippen molar-refractivity contribution in [3.8, 4) is 0 Å². The zero-order chi connectivity index (χ0) is 13.1. The maximum Gasteiger partial charge on any atom is 0.180 e. The molecule has 0 fully saturated rings. The molecule has 7 heteroatoms. The topological polar surface area (TPSA) is 69.6 Å². The van der Waals surface area contributed by atoms with Crippen molar-refractivity contribution in [3.63, 3.8) is 0 Å². The molecule has 0 amide bonds. The van der Waals surface area contributed by atoms with Gasteiger partial charge in [-0.25, -0.2) is 0 Å². The summed E-state index contributed by atoms with van der Waals surface area (Å²) in [6.45, 7) is 4.13. The average Bonchev–Trinajstić information content (AvgIpc) is 2.93. The van der Waals surface area contributed by atoms with Gasteiger partial charge in [-0.3, -0.25) is 4.68 Å². The van der Waals surface area contributed by atoms with E-state index in [4.69, 9.17) is 5.73 Å². The van der Waals surface area contributed by atoms with Gasteiger partial charge in [-0.2, -0.15) is 5.10 Å². The summed E-state index contributed by atoms with van der Waals surface area (Å²) in [7, 11) is 1.96. The first-order chi connectivity index (χ1) is 8.61. The second-order valence-corrected chi connectivity index (χ2v) is 6.24. The first-order valence-corrected chi connectivity index (χ1v) is 7.53. The Morgan fingerprint density at radius 2 is 2.33 bits per heavy atom.